The molecule has 1 aliphatic rings. The van der Waals surface area contributed by atoms with Crippen LogP contribution in [-0.2, 0) is 9.53 Å². The molecule has 1 unspecified atom stereocenters. The molecule has 17 heavy (non-hydrogen) atoms. The summed E-state index contributed by atoms with van der Waals surface area (Å²) in [5.41, 5.74) is -0.863. The van der Waals surface area contributed by atoms with E-state index in [0.717, 1.165) is 6.08 Å². The van der Waals surface area contributed by atoms with E-state index in [1.54, 1.807) is 13.8 Å². The Hall–Kier alpha value is -0.780. The molecule has 0 bridgehead atoms. The van der Waals surface area contributed by atoms with Crippen molar-refractivity contribution in [3.63, 3.8) is 0 Å². The van der Waals surface area contributed by atoms with Gasteiger partial charge in [-0.25, -0.2) is 0 Å². The zero-order valence-electron chi connectivity index (χ0n) is 9.34. The number of ether oxygens (including phenoxy) is 1. The number of rotatable bonds is 2. The van der Waals surface area contributed by atoms with Crippen molar-refractivity contribution in [2.24, 2.45) is 5.92 Å². The zero-order valence-corrected chi connectivity index (χ0v) is 10.9. The van der Waals surface area contributed by atoms with Crippen LogP contribution in [0.25, 0.3) is 0 Å². The topological polar surface area (TPSA) is 26.3 Å². The van der Waals surface area contributed by atoms with Crippen LogP contribution in [0.2, 0.25) is 0 Å². The van der Waals surface area contributed by atoms with Crippen molar-refractivity contribution < 1.29 is 22.7 Å². The van der Waals surface area contributed by atoms with Crippen molar-refractivity contribution in [1.82, 2.24) is 0 Å². The summed E-state index contributed by atoms with van der Waals surface area (Å²) in [5, 5.41) is 0. The molecule has 1 aliphatic carbocycles. The van der Waals surface area contributed by atoms with E-state index in [-0.39, 0.29) is 6.42 Å². The normalized spacial score (nSPS) is 21.0. The van der Waals surface area contributed by atoms with Gasteiger partial charge >= 0.3 is 12.1 Å². The molecule has 2 nitrogen and oxygen atoms in total. The third kappa shape index (κ3) is 3.87. The SMILES string of the molecule is CC(C)OC(=O)C1CC=C(Br)C=C1C(F)(F)F. The van der Waals surface area contributed by atoms with Crippen LogP contribution in [0.3, 0.4) is 0 Å². The van der Waals surface area contributed by atoms with Crippen LogP contribution in [0.4, 0.5) is 13.2 Å². The number of hydrogen-bond acceptors (Lipinski definition) is 2. The van der Waals surface area contributed by atoms with Crippen LogP contribution >= 0.6 is 15.9 Å². The van der Waals surface area contributed by atoms with Crippen molar-refractivity contribution in [2.45, 2.75) is 32.5 Å². The fourth-order valence-corrected chi connectivity index (χ4v) is 1.92. The first-order valence-corrected chi connectivity index (χ1v) is 5.86. The van der Waals surface area contributed by atoms with Crippen LogP contribution in [-0.4, -0.2) is 18.2 Å². The van der Waals surface area contributed by atoms with Crippen molar-refractivity contribution in [1.29, 1.82) is 0 Å². The molecule has 0 aromatic carbocycles. The summed E-state index contributed by atoms with van der Waals surface area (Å²) in [7, 11) is 0. The molecular weight excluding hydrogens is 301 g/mol. The number of halogens is 4. The molecule has 0 amide bonds. The van der Waals surface area contributed by atoms with E-state index in [2.05, 4.69) is 15.9 Å². The summed E-state index contributed by atoms with van der Waals surface area (Å²) in [5.74, 6) is -2.10. The fraction of sp³-hybridized carbons (Fsp3) is 0.545. The Kier molecular flexibility index (Phi) is 4.41. The number of esters is 1. The highest BCUT2D eigenvalue weighted by Gasteiger charge is 2.43. The Morgan fingerprint density at radius 3 is 2.59 bits per heavy atom. The molecule has 0 saturated carbocycles. The summed E-state index contributed by atoms with van der Waals surface area (Å²) in [6.07, 6.45) is -2.49. The quantitative estimate of drug-likeness (QED) is 0.726. The standard InChI is InChI=1S/C11H12BrF3O2/c1-6(2)17-10(16)8-4-3-7(12)5-9(8)11(13,14)15/h3,5-6,8H,4H2,1-2H3. The average Bonchev–Trinajstić information content (AvgIpc) is 2.14. The number of hydrogen-bond donors (Lipinski definition) is 0. The van der Waals surface area contributed by atoms with Crippen molar-refractivity contribution >= 4 is 21.9 Å². The number of carbonyl (C=O) groups excluding carboxylic acids is 1. The van der Waals surface area contributed by atoms with Gasteiger partial charge in [-0.1, -0.05) is 22.0 Å². The summed E-state index contributed by atoms with van der Waals surface area (Å²) in [4.78, 5) is 11.6. The van der Waals surface area contributed by atoms with Gasteiger partial charge < -0.3 is 4.74 Å². The number of carbonyl (C=O) groups is 1. The molecule has 6 heteroatoms. The van der Waals surface area contributed by atoms with Crippen LogP contribution in [0, 0.1) is 5.92 Å². The lowest BCUT2D eigenvalue weighted by Crippen LogP contribution is -2.30. The highest BCUT2D eigenvalue weighted by molar-refractivity contribution is 9.11. The lowest BCUT2D eigenvalue weighted by Gasteiger charge is -2.23. The second kappa shape index (κ2) is 5.25. The fourth-order valence-electron chi connectivity index (χ4n) is 1.48. The molecule has 1 rings (SSSR count). The third-order valence-electron chi connectivity index (χ3n) is 2.18. The molecule has 0 saturated heterocycles. The van der Waals surface area contributed by atoms with Gasteiger partial charge in [-0.15, -0.1) is 0 Å². The Bertz CT molecular complexity index is 369. The first-order valence-electron chi connectivity index (χ1n) is 5.06. The molecule has 0 aromatic heterocycles. The van der Waals surface area contributed by atoms with E-state index in [9.17, 15) is 18.0 Å². The van der Waals surface area contributed by atoms with Gasteiger partial charge in [-0.05, 0) is 26.3 Å². The Labute approximate surface area is 106 Å². The number of alkyl halides is 3. The van der Waals surface area contributed by atoms with Crippen molar-refractivity contribution in [3.8, 4) is 0 Å². The maximum Gasteiger partial charge on any atom is 0.413 e. The summed E-state index contributed by atoms with van der Waals surface area (Å²) in [6.45, 7) is 3.20. The van der Waals surface area contributed by atoms with Gasteiger partial charge in [0.1, 0.15) is 0 Å². The Morgan fingerprint density at radius 2 is 2.12 bits per heavy atom. The first kappa shape index (κ1) is 14.3. The molecule has 0 radical (unpaired) electrons. The van der Waals surface area contributed by atoms with Gasteiger partial charge in [-0.2, -0.15) is 13.2 Å². The molecule has 0 fully saturated rings. The van der Waals surface area contributed by atoms with Crippen LogP contribution in [0.1, 0.15) is 20.3 Å². The van der Waals surface area contributed by atoms with Gasteiger partial charge in [0.25, 0.3) is 0 Å². The molecule has 0 heterocycles. The van der Waals surface area contributed by atoms with E-state index in [1.807, 2.05) is 0 Å². The lowest BCUT2D eigenvalue weighted by atomic mass is 9.91. The third-order valence-corrected chi connectivity index (χ3v) is 2.73. The van der Waals surface area contributed by atoms with E-state index in [0.29, 0.717) is 4.48 Å². The first-order chi connectivity index (χ1) is 7.71. The van der Waals surface area contributed by atoms with Crippen molar-refractivity contribution in [2.75, 3.05) is 0 Å². The largest absolute Gasteiger partial charge is 0.463 e. The minimum absolute atomic E-state index is 0.00250. The van der Waals surface area contributed by atoms with Gasteiger partial charge in [0.2, 0.25) is 0 Å². The molecular formula is C11H12BrF3O2. The van der Waals surface area contributed by atoms with Crippen molar-refractivity contribution in [3.05, 3.63) is 22.2 Å². The van der Waals surface area contributed by atoms with Crippen LogP contribution < -0.4 is 0 Å². The molecule has 0 spiro atoms. The average molecular weight is 313 g/mol. The second-order valence-electron chi connectivity index (χ2n) is 3.96. The molecule has 0 aliphatic heterocycles. The maximum atomic E-state index is 12.7. The van der Waals surface area contributed by atoms with Crippen LogP contribution in [0.15, 0.2) is 22.2 Å². The molecule has 96 valence electrons. The highest BCUT2D eigenvalue weighted by atomic mass is 79.9. The van der Waals surface area contributed by atoms with E-state index in [4.69, 9.17) is 4.74 Å². The van der Waals surface area contributed by atoms with Crippen LogP contribution in [0.5, 0.6) is 0 Å². The lowest BCUT2D eigenvalue weighted by molar-refractivity contribution is -0.155. The molecule has 0 N–H and O–H groups in total. The van der Waals surface area contributed by atoms with Gasteiger partial charge in [-0.3, -0.25) is 4.79 Å². The molecule has 0 aromatic rings. The van der Waals surface area contributed by atoms with E-state index in [1.165, 1.54) is 6.08 Å². The maximum absolute atomic E-state index is 12.7. The predicted molar refractivity (Wildman–Crippen MR) is 60.5 cm³/mol. The Morgan fingerprint density at radius 1 is 1.53 bits per heavy atom. The van der Waals surface area contributed by atoms with Gasteiger partial charge in [0.15, 0.2) is 0 Å². The zero-order chi connectivity index (χ0) is 13.2. The second-order valence-corrected chi connectivity index (χ2v) is 4.88. The predicted octanol–water partition coefficient (Wildman–Crippen LogP) is 3.73. The summed E-state index contributed by atoms with van der Waals surface area (Å²) < 4.78 is 43.4. The minimum Gasteiger partial charge on any atom is -0.463 e. The van der Waals surface area contributed by atoms with Gasteiger partial charge in [0.05, 0.1) is 12.0 Å². The van der Waals surface area contributed by atoms with Gasteiger partial charge in [0, 0.05) is 10.1 Å². The monoisotopic (exact) mass is 312 g/mol. The Balaban J connectivity index is 2.94. The van der Waals surface area contributed by atoms with E-state index >= 15 is 0 Å². The molecule has 1 atom stereocenters. The number of allylic oxidation sites excluding steroid dienone is 3. The van der Waals surface area contributed by atoms with E-state index < -0.39 is 29.7 Å². The highest BCUT2D eigenvalue weighted by Crippen LogP contribution is 2.38. The minimum atomic E-state index is -4.52. The smallest absolute Gasteiger partial charge is 0.413 e. The summed E-state index contributed by atoms with van der Waals surface area (Å²) in [6, 6.07) is 0. The summed E-state index contributed by atoms with van der Waals surface area (Å²) >= 11 is 2.98.